The van der Waals surface area contributed by atoms with E-state index in [0.717, 1.165) is 33.4 Å². The van der Waals surface area contributed by atoms with Crippen LogP contribution in [0, 0.1) is 0 Å². The number of phenolic OH excluding ortho intramolecular Hbond substituents is 2. The van der Waals surface area contributed by atoms with Crippen LogP contribution in [-0.4, -0.2) is 10.2 Å². The highest BCUT2D eigenvalue weighted by atomic mass is 31.2. The molecule has 61 heavy (non-hydrogen) atoms. The molecular weight excluding hydrogens is 799 g/mol. The number of benzene rings is 8. The Morgan fingerprint density at radius 1 is 0.410 bits per heavy atom. The molecule has 0 saturated heterocycles. The van der Waals surface area contributed by atoms with Gasteiger partial charge in [-0.3, -0.25) is 9.13 Å². The molecule has 10 rings (SSSR count). The van der Waals surface area contributed by atoms with E-state index in [-0.39, 0.29) is 11.5 Å². The zero-order valence-electron chi connectivity index (χ0n) is 32.8. The third-order valence-electron chi connectivity index (χ3n) is 11.4. The first-order chi connectivity index (χ1) is 29.8. The molecule has 0 amide bonds. The lowest BCUT2D eigenvalue weighted by molar-refractivity contribution is 0.458. The number of aromatic hydroxyl groups is 2. The summed E-state index contributed by atoms with van der Waals surface area (Å²) in [4.78, 5) is 0. The third kappa shape index (κ3) is 6.94. The van der Waals surface area contributed by atoms with Crippen molar-refractivity contribution in [2.24, 2.45) is 0 Å². The van der Waals surface area contributed by atoms with Crippen LogP contribution in [0.15, 0.2) is 194 Å². The molecule has 10 heteroatoms. The summed E-state index contributed by atoms with van der Waals surface area (Å²) in [7, 11) is -7.45. The predicted molar refractivity (Wildman–Crippen MR) is 244 cm³/mol. The number of nitrogens with one attached hydrogen (secondary N) is 2. The number of anilines is 2. The van der Waals surface area contributed by atoms with E-state index >= 15 is 9.13 Å². The molecule has 0 aliphatic carbocycles. The van der Waals surface area contributed by atoms with Crippen molar-refractivity contribution in [2.75, 3.05) is 10.6 Å². The van der Waals surface area contributed by atoms with Gasteiger partial charge >= 0.3 is 14.7 Å². The highest BCUT2D eigenvalue weighted by Gasteiger charge is 2.46. The molecule has 0 bridgehead atoms. The van der Waals surface area contributed by atoms with Crippen molar-refractivity contribution in [2.45, 2.75) is 18.0 Å². The van der Waals surface area contributed by atoms with Crippen molar-refractivity contribution in [3.63, 3.8) is 0 Å². The SMILES string of the molecule is O=P1(C(Nc2ccc(Cc3ccc(NC(c4ccccc4O)P4(=O)Oc5ccccc5-c5ccccc54)cc3)cc2)c2ccccc2O)Oc2ccccc2-c2ccccc21. The van der Waals surface area contributed by atoms with Gasteiger partial charge in [0.25, 0.3) is 0 Å². The van der Waals surface area contributed by atoms with Gasteiger partial charge in [0, 0.05) is 33.6 Å². The van der Waals surface area contributed by atoms with Crippen molar-refractivity contribution in [3.05, 3.63) is 216 Å². The van der Waals surface area contributed by atoms with Crippen LogP contribution >= 0.6 is 14.7 Å². The maximum Gasteiger partial charge on any atom is 0.304 e. The Bertz CT molecular complexity index is 2820. The Hall–Kier alpha value is -6.98. The van der Waals surface area contributed by atoms with Crippen molar-refractivity contribution >= 4 is 36.7 Å². The molecule has 4 unspecified atom stereocenters. The van der Waals surface area contributed by atoms with Crippen molar-refractivity contribution in [3.8, 4) is 45.3 Å². The monoisotopic (exact) mass is 838 g/mol. The summed E-state index contributed by atoms with van der Waals surface area (Å²) >= 11 is 0. The van der Waals surface area contributed by atoms with Crippen LogP contribution in [0.3, 0.4) is 0 Å². The van der Waals surface area contributed by atoms with Gasteiger partial charge in [-0.2, -0.15) is 0 Å². The van der Waals surface area contributed by atoms with Crippen molar-refractivity contribution < 1.29 is 28.4 Å². The molecule has 0 spiro atoms. The number of rotatable bonds is 10. The average molecular weight is 839 g/mol. The summed E-state index contributed by atoms with van der Waals surface area (Å²) in [5.41, 5.74) is 7.89. The molecule has 2 heterocycles. The van der Waals surface area contributed by atoms with Crippen molar-refractivity contribution in [1.82, 2.24) is 0 Å². The normalized spacial score (nSPS) is 18.1. The Morgan fingerprint density at radius 2 is 0.754 bits per heavy atom. The molecule has 8 aromatic carbocycles. The van der Waals surface area contributed by atoms with Gasteiger partial charge in [0.05, 0.1) is 10.6 Å². The molecule has 2 aliphatic rings. The fourth-order valence-corrected chi connectivity index (χ4v) is 13.7. The van der Waals surface area contributed by atoms with Crippen LogP contribution < -0.4 is 30.3 Å². The Labute approximate surface area is 354 Å². The van der Waals surface area contributed by atoms with Gasteiger partial charge < -0.3 is 29.9 Å². The van der Waals surface area contributed by atoms with E-state index in [9.17, 15) is 10.2 Å². The largest absolute Gasteiger partial charge is 0.508 e. The summed E-state index contributed by atoms with van der Waals surface area (Å²) in [6.07, 6.45) is 0.629. The second-order valence-electron chi connectivity index (χ2n) is 15.2. The fraction of sp³-hybridized carbons (Fsp3) is 0.0588. The van der Waals surface area contributed by atoms with Gasteiger partial charge in [-0.05, 0) is 89.3 Å². The van der Waals surface area contributed by atoms with Crippen LogP contribution in [0.1, 0.15) is 33.8 Å². The summed E-state index contributed by atoms with van der Waals surface area (Å²) < 4.78 is 43.6. The molecule has 8 nitrogen and oxygen atoms in total. The molecule has 300 valence electrons. The van der Waals surface area contributed by atoms with E-state index < -0.39 is 26.3 Å². The first kappa shape index (κ1) is 38.2. The van der Waals surface area contributed by atoms with Gasteiger partial charge in [0.15, 0.2) is 0 Å². The molecule has 4 atom stereocenters. The topological polar surface area (TPSA) is 117 Å². The third-order valence-corrected chi connectivity index (χ3v) is 16.6. The van der Waals surface area contributed by atoms with E-state index in [1.165, 1.54) is 0 Å². The second kappa shape index (κ2) is 15.6. The highest BCUT2D eigenvalue weighted by Crippen LogP contribution is 2.65. The summed E-state index contributed by atoms with van der Waals surface area (Å²) in [6, 6.07) is 60.1. The summed E-state index contributed by atoms with van der Waals surface area (Å²) in [5.74, 6) is -0.688. The van der Waals surface area contributed by atoms with Crippen LogP contribution in [0.2, 0.25) is 0 Å². The van der Waals surface area contributed by atoms with E-state index in [0.29, 0.717) is 51.0 Å². The average Bonchev–Trinajstić information content (AvgIpc) is 3.29. The highest BCUT2D eigenvalue weighted by molar-refractivity contribution is 7.68. The fourth-order valence-electron chi connectivity index (χ4n) is 8.38. The summed E-state index contributed by atoms with van der Waals surface area (Å²) in [5, 5.41) is 30.3. The van der Waals surface area contributed by atoms with Crippen molar-refractivity contribution in [1.29, 1.82) is 0 Å². The van der Waals surface area contributed by atoms with Gasteiger partial charge in [-0.15, -0.1) is 0 Å². The molecule has 8 aromatic rings. The van der Waals surface area contributed by atoms with Crippen LogP contribution in [-0.2, 0) is 15.6 Å². The lowest BCUT2D eigenvalue weighted by atomic mass is 10.0. The zero-order chi connectivity index (χ0) is 41.6. The van der Waals surface area contributed by atoms with Crippen LogP contribution in [0.5, 0.6) is 23.0 Å². The molecule has 2 aliphatic heterocycles. The Morgan fingerprint density at radius 3 is 1.16 bits per heavy atom. The van der Waals surface area contributed by atoms with Crippen LogP contribution in [0.25, 0.3) is 22.3 Å². The summed E-state index contributed by atoms with van der Waals surface area (Å²) in [6.45, 7) is 0. The quantitative estimate of drug-likeness (QED) is 0.101. The first-order valence-electron chi connectivity index (χ1n) is 20.0. The molecule has 0 aromatic heterocycles. The number of phenols is 2. The number of fused-ring (bicyclic) bond motifs is 6. The smallest absolute Gasteiger partial charge is 0.304 e. The lowest BCUT2D eigenvalue weighted by Gasteiger charge is -2.35. The van der Waals surface area contributed by atoms with E-state index in [1.807, 2.05) is 158 Å². The van der Waals surface area contributed by atoms with Gasteiger partial charge in [0.1, 0.15) is 34.6 Å². The van der Waals surface area contributed by atoms with Gasteiger partial charge in [0.2, 0.25) is 0 Å². The molecule has 0 fully saturated rings. The van der Waals surface area contributed by atoms with E-state index in [2.05, 4.69) is 10.6 Å². The molecule has 0 saturated carbocycles. The minimum atomic E-state index is -3.72. The van der Waals surface area contributed by atoms with E-state index in [1.54, 1.807) is 36.4 Å². The second-order valence-corrected chi connectivity index (χ2v) is 19.9. The minimum Gasteiger partial charge on any atom is -0.508 e. The first-order valence-corrected chi connectivity index (χ1v) is 23.4. The van der Waals surface area contributed by atoms with Gasteiger partial charge in [-0.1, -0.05) is 133 Å². The predicted octanol–water partition coefficient (Wildman–Crippen LogP) is 12.2. The number of para-hydroxylation sites is 4. The zero-order valence-corrected chi connectivity index (χ0v) is 34.5. The molecular formula is C51H40N2O6P2. The Kier molecular flexibility index (Phi) is 9.75. The Balaban J connectivity index is 0.910. The maximum atomic E-state index is 15.4. The van der Waals surface area contributed by atoms with Crippen LogP contribution in [0.4, 0.5) is 11.4 Å². The number of hydrogen-bond donors (Lipinski definition) is 4. The maximum absolute atomic E-state index is 15.4. The molecule has 4 N–H and O–H groups in total. The van der Waals surface area contributed by atoms with E-state index in [4.69, 9.17) is 9.05 Å². The molecule has 0 radical (unpaired) electrons. The minimum absolute atomic E-state index is 0.0188. The lowest BCUT2D eigenvalue weighted by Crippen LogP contribution is -2.26. The standard InChI is InChI=1S/C51H40N2O6P2/c54-44-19-7-1-17-42(44)50(60(56)48-23-11-5-15-40(48)38-13-3-9-21-46(38)58-60)52-36-29-25-34(26-30-36)33-35-27-31-37(32-28-35)53-51(43-18-2-8-20-45(43)55)61(57)49-24-12-6-16-41(49)39-14-4-10-22-47(39)59-61/h1-32,50-55H,33H2. The number of hydrogen-bond acceptors (Lipinski definition) is 8. The van der Waals surface area contributed by atoms with Gasteiger partial charge in [-0.25, -0.2) is 0 Å².